The number of hydrogen-bond acceptors (Lipinski definition) is 3. The summed E-state index contributed by atoms with van der Waals surface area (Å²) in [5.74, 6) is 0.338. The Bertz CT molecular complexity index is 378. The summed E-state index contributed by atoms with van der Waals surface area (Å²) in [5, 5.41) is 9.63. The number of nitrogens with two attached hydrogens (primary N) is 1. The van der Waals surface area contributed by atoms with Crippen LogP contribution in [0.1, 0.15) is 39.8 Å². The van der Waals surface area contributed by atoms with E-state index in [1.54, 1.807) is 0 Å². The molecule has 0 spiro atoms. The van der Waals surface area contributed by atoms with Crippen LogP contribution in [-0.4, -0.2) is 22.1 Å². The third-order valence-electron chi connectivity index (χ3n) is 2.62. The number of amides is 1. The van der Waals surface area contributed by atoms with Gasteiger partial charge in [-0.05, 0) is 11.8 Å². The Hall–Kier alpha value is -1.36. The van der Waals surface area contributed by atoms with Gasteiger partial charge in [-0.3, -0.25) is 9.89 Å². The first kappa shape index (κ1) is 13.7. The Morgan fingerprint density at radius 3 is 2.76 bits per heavy atom. The minimum absolute atomic E-state index is 0.202. The van der Waals surface area contributed by atoms with E-state index in [0.717, 1.165) is 18.5 Å². The Labute approximate surface area is 102 Å². The summed E-state index contributed by atoms with van der Waals surface area (Å²) < 4.78 is 0. The third kappa shape index (κ3) is 3.85. The van der Waals surface area contributed by atoms with Crippen molar-refractivity contribution in [2.75, 3.05) is 5.32 Å². The monoisotopic (exact) mass is 238 g/mol. The molecule has 0 saturated heterocycles. The van der Waals surface area contributed by atoms with Crippen molar-refractivity contribution in [3.05, 3.63) is 11.8 Å². The Morgan fingerprint density at radius 1 is 1.59 bits per heavy atom. The average molecular weight is 238 g/mol. The summed E-state index contributed by atoms with van der Waals surface area (Å²) >= 11 is 0. The van der Waals surface area contributed by atoms with E-state index in [0.29, 0.717) is 5.82 Å². The maximum absolute atomic E-state index is 11.8. The number of carbonyl (C=O) groups is 1. The molecule has 1 unspecified atom stereocenters. The van der Waals surface area contributed by atoms with Gasteiger partial charge in [-0.15, -0.1) is 0 Å². The molecule has 0 aromatic carbocycles. The fraction of sp³-hybridized carbons (Fsp3) is 0.667. The summed E-state index contributed by atoms with van der Waals surface area (Å²) in [6.07, 6.45) is 1.96. The maximum atomic E-state index is 11.8. The number of nitrogens with zero attached hydrogens (tertiary/aromatic N) is 1. The number of hydrogen-bond donors (Lipinski definition) is 3. The number of aromatic nitrogens is 2. The molecule has 1 atom stereocenters. The Morgan fingerprint density at radius 2 is 2.24 bits per heavy atom. The van der Waals surface area contributed by atoms with Crippen LogP contribution in [0.3, 0.4) is 0 Å². The highest BCUT2D eigenvalue weighted by molar-refractivity contribution is 5.94. The predicted octanol–water partition coefficient (Wildman–Crippen LogP) is 1.67. The lowest BCUT2D eigenvalue weighted by molar-refractivity contribution is -0.119. The molecule has 1 heterocycles. The van der Waals surface area contributed by atoms with E-state index in [-0.39, 0.29) is 11.3 Å². The fourth-order valence-corrected chi connectivity index (χ4v) is 1.42. The summed E-state index contributed by atoms with van der Waals surface area (Å²) in [7, 11) is 0. The van der Waals surface area contributed by atoms with E-state index in [2.05, 4.69) is 22.4 Å². The molecule has 1 rings (SSSR count). The second-order valence-corrected chi connectivity index (χ2v) is 5.36. The molecule has 0 aliphatic rings. The van der Waals surface area contributed by atoms with Gasteiger partial charge in [0.2, 0.25) is 5.91 Å². The SMILES string of the molecule is CCCc1cc(NC(=O)C(N)C(C)(C)C)n[nH]1. The third-order valence-corrected chi connectivity index (χ3v) is 2.62. The highest BCUT2D eigenvalue weighted by Crippen LogP contribution is 2.18. The van der Waals surface area contributed by atoms with Crippen molar-refractivity contribution in [1.29, 1.82) is 0 Å². The van der Waals surface area contributed by atoms with Crippen LogP contribution < -0.4 is 11.1 Å². The average Bonchev–Trinajstić information content (AvgIpc) is 2.63. The molecule has 0 bridgehead atoms. The molecule has 5 heteroatoms. The molecule has 0 radical (unpaired) electrons. The van der Waals surface area contributed by atoms with Gasteiger partial charge in [0.1, 0.15) is 0 Å². The second kappa shape index (κ2) is 5.31. The lowest BCUT2D eigenvalue weighted by Gasteiger charge is -2.25. The highest BCUT2D eigenvalue weighted by atomic mass is 16.2. The zero-order valence-corrected chi connectivity index (χ0v) is 11.0. The van der Waals surface area contributed by atoms with Gasteiger partial charge in [0.25, 0.3) is 0 Å². The van der Waals surface area contributed by atoms with E-state index in [1.807, 2.05) is 26.8 Å². The van der Waals surface area contributed by atoms with E-state index in [1.165, 1.54) is 0 Å². The lowest BCUT2D eigenvalue weighted by Crippen LogP contribution is -2.45. The molecular weight excluding hydrogens is 216 g/mol. The summed E-state index contributed by atoms with van der Waals surface area (Å²) in [6.45, 7) is 7.90. The van der Waals surface area contributed by atoms with E-state index in [4.69, 9.17) is 5.73 Å². The topological polar surface area (TPSA) is 83.8 Å². The number of nitrogens with one attached hydrogen (secondary N) is 2. The Balaban J connectivity index is 2.61. The predicted molar refractivity (Wildman–Crippen MR) is 68.6 cm³/mol. The van der Waals surface area contributed by atoms with Gasteiger partial charge >= 0.3 is 0 Å². The molecule has 0 aliphatic heterocycles. The molecule has 0 aliphatic carbocycles. The molecule has 1 aromatic rings. The van der Waals surface area contributed by atoms with E-state index >= 15 is 0 Å². The van der Waals surface area contributed by atoms with Gasteiger partial charge in [0.05, 0.1) is 6.04 Å². The summed E-state index contributed by atoms with van der Waals surface area (Å²) in [4.78, 5) is 11.8. The van der Waals surface area contributed by atoms with Crippen molar-refractivity contribution in [2.45, 2.75) is 46.6 Å². The Kier molecular flexibility index (Phi) is 4.28. The van der Waals surface area contributed by atoms with Crippen molar-refractivity contribution in [3.8, 4) is 0 Å². The fourth-order valence-electron chi connectivity index (χ4n) is 1.42. The number of carbonyl (C=O) groups excluding carboxylic acids is 1. The van der Waals surface area contributed by atoms with Crippen LogP contribution in [0.5, 0.6) is 0 Å². The molecule has 17 heavy (non-hydrogen) atoms. The van der Waals surface area contributed by atoms with Crippen LogP contribution in [0.4, 0.5) is 5.82 Å². The van der Waals surface area contributed by atoms with Crippen LogP contribution >= 0.6 is 0 Å². The van der Waals surface area contributed by atoms with Gasteiger partial charge in [-0.2, -0.15) is 5.10 Å². The van der Waals surface area contributed by atoms with Crippen LogP contribution in [0.2, 0.25) is 0 Å². The van der Waals surface area contributed by atoms with Gasteiger partial charge in [-0.1, -0.05) is 34.1 Å². The van der Waals surface area contributed by atoms with Crippen molar-refractivity contribution in [1.82, 2.24) is 10.2 Å². The zero-order valence-electron chi connectivity index (χ0n) is 11.0. The van der Waals surface area contributed by atoms with Crippen molar-refractivity contribution in [2.24, 2.45) is 11.1 Å². The quantitative estimate of drug-likeness (QED) is 0.746. The first-order valence-electron chi connectivity index (χ1n) is 5.95. The maximum Gasteiger partial charge on any atom is 0.243 e. The zero-order chi connectivity index (χ0) is 13.1. The normalized spacial score (nSPS) is 13.5. The number of anilines is 1. The number of rotatable bonds is 4. The first-order valence-corrected chi connectivity index (χ1v) is 5.95. The van der Waals surface area contributed by atoms with E-state index in [9.17, 15) is 4.79 Å². The summed E-state index contributed by atoms with van der Waals surface area (Å²) in [5.41, 5.74) is 6.62. The summed E-state index contributed by atoms with van der Waals surface area (Å²) in [6, 6.07) is 1.30. The number of aromatic amines is 1. The van der Waals surface area contributed by atoms with Gasteiger partial charge in [-0.25, -0.2) is 0 Å². The van der Waals surface area contributed by atoms with Crippen molar-refractivity contribution >= 4 is 11.7 Å². The molecule has 0 fully saturated rings. The number of H-pyrrole nitrogens is 1. The molecule has 1 aromatic heterocycles. The molecule has 5 nitrogen and oxygen atoms in total. The highest BCUT2D eigenvalue weighted by Gasteiger charge is 2.27. The first-order chi connectivity index (χ1) is 7.84. The second-order valence-electron chi connectivity index (χ2n) is 5.36. The van der Waals surface area contributed by atoms with Gasteiger partial charge in [0, 0.05) is 11.8 Å². The van der Waals surface area contributed by atoms with Crippen LogP contribution in [-0.2, 0) is 11.2 Å². The molecular formula is C12H22N4O. The van der Waals surface area contributed by atoms with Crippen molar-refractivity contribution in [3.63, 3.8) is 0 Å². The van der Waals surface area contributed by atoms with Crippen LogP contribution in [0, 0.1) is 5.41 Å². The molecule has 1 amide bonds. The van der Waals surface area contributed by atoms with Gasteiger partial charge < -0.3 is 11.1 Å². The standard InChI is InChI=1S/C12H22N4O/c1-5-6-8-7-9(16-15-8)14-11(17)10(13)12(2,3)4/h7,10H,5-6,13H2,1-4H3,(H2,14,15,16,17). The van der Waals surface area contributed by atoms with E-state index < -0.39 is 6.04 Å². The molecule has 0 saturated carbocycles. The molecule has 96 valence electrons. The van der Waals surface area contributed by atoms with Crippen LogP contribution in [0.15, 0.2) is 6.07 Å². The smallest absolute Gasteiger partial charge is 0.243 e. The number of aryl methyl sites for hydroxylation is 1. The van der Waals surface area contributed by atoms with Crippen molar-refractivity contribution < 1.29 is 4.79 Å². The minimum atomic E-state index is -0.547. The minimum Gasteiger partial charge on any atom is -0.319 e. The largest absolute Gasteiger partial charge is 0.319 e. The molecule has 4 N–H and O–H groups in total. The van der Waals surface area contributed by atoms with Crippen LogP contribution in [0.25, 0.3) is 0 Å². The van der Waals surface area contributed by atoms with Gasteiger partial charge in [0.15, 0.2) is 5.82 Å². The lowest BCUT2D eigenvalue weighted by atomic mass is 9.87.